The normalized spacial score (nSPS) is 12.9. The summed E-state index contributed by atoms with van der Waals surface area (Å²) in [7, 11) is -3.66. The number of fused-ring (bicyclic) bond motifs is 1. The zero-order chi connectivity index (χ0) is 21.3. The Hall–Kier alpha value is -3.63. The summed E-state index contributed by atoms with van der Waals surface area (Å²) in [6.07, 6.45) is 0.533. The first-order valence-corrected chi connectivity index (χ1v) is 10.9. The van der Waals surface area contributed by atoms with Crippen LogP contribution in [0.4, 0.5) is 11.4 Å². The van der Waals surface area contributed by atoms with E-state index >= 15 is 0 Å². The van der Waals surface area contributed by atoms with E-state index in [4.69, 9.17) is 5.26 Å². The van der Waals surface area contributed by atoms with E-state index in [0.29, 0.717) is 35.5 Å². The Kier molecular flexibility index (Phi) is 5.02. The number of nitrogens with one attached hydrogen (secondary N) is 1. The van der Waals surface area contributed by atoms with Crippen LogP contribution in [0.5, 0.6) is 0 Å². The average molecular weight is 417 g/mol. The molecule has 0 saturated heterocycles. The van der Waals surface area contributed by atoms with E-state index in [9.17, 15) is 13.2 Å². The maximum absolute atomic E-state index is 13.0. The molecule has 0 fully saturated rings. The van der Waals surface area contributed by atoms with E-state index in [1.165, 1.54) is 4.31 Å². The molecule has 4 rings (SSSR count). The highest BCUT2D eigenvalue weighted by Gasteiger charge is 2.31. The molecular formula is C23H19N3O3S. The Balaban J connectivity index is 1.58. The fraction of sp³-hybridized carbons (Fsp3) is 0.130. The molecule has 0 aromatic heterocycles. The van der Waals surface area contributed by atoms with Crippen molar-refractivity contribution in [2.75, 3.05) is 16.2 Å². The van der Waals surface area contributed by atoms with Gasteiger partial charge in [0.05, 0.1) is 22.2 Å². The van der Waals surface area contributed by atoms with Crippen LogP contribution >= 0.6 is 0 Å². The summed E-state index contributed by atoms with van der Waals surface area (Å²) in [5.41, 5.74) is 3.82. The summed E-state index contributed by atoms with van der Waals surface area (Å²) in [4.78, 5) is 12.9. The molecule has 0 unspecified atom stereocenters. The van der Waals surface area contributed by atoms with Crippen molar-refractivity contribution in [1.82, 2.24) is 0 Å². The van der Waals surface area contributed by atoms with Crippen molar-refractivity contribution in [1.29, 1.82) is 5.26 Å². The van der Waals surface area contributed by atoms with Gasteiger partial charge in [-0.05, 0) is 67.4 Å². The molecule has 0 bridgehead atoms. The number of carbonyl (C=O) groups is 1. The van der Waals surface area contributed by atoms with Crippen LogP contribution in [0, 0.1) is 18.3 Å². The number of aryl methyl sites for hydroxylation is 1. The summed E-state index contributed by atoms with van der Waals surface area (Å²) in [5.74, 6) is -0.312. The third-order valence-corrected chi connectivity index (χ3v) is 6.88. The maximum Gasteiger partial charge on any atom is 0.264 e. The first-order valence-electron chi connectivity index (χ1n) is 9.42. The highest BCUT2D eigenvalue weighted by molar-refractivity contribution is 7.92. The van der Waals surface area contributed by atoms with Gasteiger partial charge in [-0.15, -0.1) is 0 Å². The molecule has 7 heteroatoms. The third-order valence-electron chi connectivity index (χ3n) is 5.05. The average Bonchev–Trinajstić information content (AvgIpc) is 3.18. The van der Waals surface area contributed by atoms with Gasteiger partial charge in [-0.1, -0.05) is 23.8 Å². The maximum atomic E-state index is 13.0. The number of rotatable bonds is 4. The van der Waals surface area contributed by atoms with E-state index in [1.807, 2.05) is 13.0 Å². The predicted octanol–water partition coefficient (Wildman–Crippen LogP) is 3.87. The van der Waals surface area contributed by atoms with Crippen LogP contribution in [0.2, 0.25) is 0 Å². The van der Waals surface area contributed by atoms with Gasteiger partial charge in [0.1, 0.15) is 0 Å². The molecule has 0 atom stereocenters. The molecular weight excluding hydrogens is 398 g/mol. The number of amides is 1. The number of carbonyl (C=O) groups excluding carboxylic acids is 1. The summed E-state index contributed by atoms with van der Waals surface area (Å²) >= 11 is 0. The monoisotopic (exact) mass is 417 g/mol. The first kappa shape index (κ1) is 19.7. The number of benzene rings is 3. The van der Waals surface area contributed by atoms with E-state index in [1.54, 1.807) is 66.7 Å². The van der Waals surface area contributed by atoms with Gasteiger partial charge in [-0.2, -0.15) is 5.26 Å². The zero-order valence-corrected chi connectivity index (χ0v) is 17.1. The minimum Gasteiger partial charge on any atom is -0.322 e. The van der Waals surface area contributed by atoms with Crippen molar-refractivity contribution in [3.05, 3.63) is 89.0 Å². The van der Waals surface area contributed by atoms with Crippen molar-refractivity contribution in [3.8, 4) is 6.07 Å². The molecule has 1 N–H and O–H groups in total. The van der Waals surface area contributed by atoms with Gasteiger partial charge in [0.15, 0.2) is 0 Å². The van der Waals surface area contributed by atoms with E-state index in [2.05, 4.69) is 5.32 Å². The highest BCUT2D eigenvalue weighted by atomic mass is 32.2. The van der Waals surface area contributed by atoms with E-state index < -0.39 is 10.0 Å². The number of anilines is 2. The fourth-order valence-electron chi connectivity index (χ4n) is 3.47. The van der Waals surface area contributed by atoms with Crippen molar-refractivity contribution in [2.24, 2.45) is 0 Å². The predicted molar refractivity (Wildman–Crippen MR) is 115 cm³/mol. The Bertz CT molecular complexity index is 1280. The second-order valence-electron chi connectivity index (χ2n) is 7.13. The summed E-state index contributed by atoms with van der Waals surface area (Å²) < 4.78 is 27.5. The van der Waals surface area contributed by atoms with Gasteiger partial charge in [0.25, 0.3) is 15.9 Å². The topological polar surface area (TPSA) is 90.3 Å². The van der Waals surface area contributed by atoms with Crippen LogP contribution in [0.25, 0.3) is 0 Å². The Labute approximate surface area is 175 Å². The van der Waals surface area contributed by atoms with Crippen molar-refractivity contribution >= 4 is 27.3 Å². The molecule has 6 nitrogen and oxygen atoms in total. The zero-order valence-electron chi connectivity index (χ0n) is 16.3. The SMILES string of the molecule is Cc1ccc(S(=O)(=O)N2CCc3cc(C(=O)Nc4cccc(C#N)c4)ccc32)cc1. The summed E-state index contributed by atoms with van der Waals surface area (Å²) in [6, 6.07) is 20.5. The molecule has 1 aliphatic heterocycles. The fourth-order valence-corrected chi connectivity index (χ4v) is 4.97. The molecule has 0 radical (unpaired) electrons. The molecule has 150 valence electrons. The van der Waals surface area contributed by atoms with Gasteiger partial charge >= 0.3 is 0 Å². The standard InChI is InChI=1S/C23H19N3O3S/c1-16-5-8-21(9-6-16)30(28,29)26-12-11-18-14-19(7-10-22(18)26)23(27)25-20-4-2-3-17(13-20)15-24/h2-10,13-14H,11-12H2,1H3,(H,25,27). The number of nitriles is 1. The quantitative estimate of drug-likeness (QED) is 0.698. The van der Waals surface area contributed by atoms with Crippen LogP contribution in [0.15, 0.2) is 71.6 Å². The highest BCUT2D eigenvalue weighted by Crippen LogP contribution is 2.33. The van der Waals surface area contributed by atoms with Gasteiger partial charge in [-0.3, -0.25) is 9.10 Å². The lowest BCUT2D eigenvalue weighted by atomic mass is 10.1. The Morgan fingerprint density at radius 1 is 1.07 bits per heavy atom. The Morgan fingerprint density at radius 2 is 1.83 bits per heavy atom. The lowest BCUT2D eigenvalue weighted by Crippen LogP contribution is -2.29. The Morgan fingerprint density at radius 3 is 2.57 bits per heavy atom. The second-order valence-corrected chi connectivity index (χ2v) is 8.99. The molecule has 30 heavy (non-hydrogen) atoms. The van der Waals surface area contributed by atoms with Gasteiger partial charge < -0.3 is 5.32 Å². The second kappa shape index (κ2) is 7.65. The molecule has 0 aliphatic carbocycles. The smallest absolute Gasteiger partial charge is 0.264 e. The summed E-state index contributed by atoms with van der Waals surface area (Å²) in [5, 5.41) is 11.8. The van der Waals surface area contributed by atoms with Crippen LogP contribution in [-0.4, -0.2) is 20.9 Å². The molecule has 0 spiro atoms. The van der Waals surface area contributed by atoms with Crippen LogP contribution in [0.1, 0.15) is 27.0 Å². The minimum atomic E-state index is -3.66. The van der Waals surface area contributed by atoms with Gasteiger partial charge in [-0.25, -0.2) is 8.42 Å². The molecule has 1 heterocycles. The van der Waals surface area contributed by atoms with Gasteiger partial charge in [0, 0.05) is 17.8 Å². The molecule has 1 amide bonds. The first-order chi connectivity index (χ1) is 14.4. The minimum absolute atomic E-state index is 0.250. The van der Waals surface area contributed by atoms with Crippen LogP contribution < -0.4 is 9.62 Å². The largest absolute Gasteiger partial charge is 0.322 e. The number of hydrogen-bond donors (Lipinski definition) is 1. The molecule has 3 aromatic carbocycles. The van der Waals surface area contributed by atoms with Gasteiger partial charge in [0.2, 0.25) is 0 Å². The lowest BCUT2D eigenvalue weighted by Gasteiger charge is -2.20. The summed E-state index contributed by atoms with van der Waals surface area (Å²) in [6.45, 7) is 2.24. The van der Waals surface area contributed by atoms with E-state index in [-0.39, 0.29) is 10.8 Å². The van der Waals surface area contributed by atoms with Crippen molar-refractivity contribution in [2.45, 2.75) is 18.2 Å². The number of sulfonamides is 1. The van der Waals surface area contributed by atoms with Crippen LogP contribution in [0.3, 0.4) is 0 Å². The third kappa shape index (κ3) is 3.65. The lowest BCUT2D eigenvalue weighted by molar-refractivity contribution is 0.102. The van der Waals surface area contributed by atoms with Crippen LogP contribution in [-0.2, 0) is 16.4 Å². The molecule has 0 saturated carbocycles. The molecule has 3 aromatic rings. The number of nitrogens with zero attached hydrogens (tertiary/aromatic N) is 2. The van der Waals surface area contributed by atoms with Crippen molar-refractivity contribution < 1.29 is 13.2 Å². The number of hydrogen-bond acceptors (Lipinski definition) is 4. The van der Waals surface area contributed by atoms with E-state index in [0.717, 1.165) is 11.1 Å². The molecule has 1 aliphatic rings. The van der Waals surface area contributed by atoms with Crippen molar-refractivity contribution in [3.63, 3.8) is 0 Å².